The molecule has 1 aromatic rings. The fourth-order valence-electron chi connectivity index (χ4n) is 2.62. The lowest BCUT2D eigenvalue weighted by atomic mass is 10.2. The molecular weight excluding hydrogens is 276 g/mol. The highest BCUT2D eigenvalue weighted by Crippen LogP contribution is 2.17. The Morgan fingerprint density at radius 1 is 1.25 bits per heavy atom. The van der Waals surface area contributed by atoms with Gasteiger partial charge in [0.25, 0.3) is 10.1 Å². The lowest BCUT2D eigenvalue weighted by Gasteiger charge is -2.29. The van der Waals surface area contributed by atoms with E-state index in [1.165, 1.54) is 51.2 Å². The number of rotatable bonds is 1. The molecule has 1 aromatic carbocycles. The van der Waals surface area contributed by atoms with Gasteiger partial charge in [-0.05, 0) is 38.4 Å². The average molecular weight is 298 g/mol. The van der Waals surface area contributed by atoms with E-state index in [9.17, 15) is 8.42 Å². The van der Waals surface area contributed by atoms with Crippen molar-refractivity contribution in [1.29, 1.82) is 0 Å². The van der Waals surface area contributed by atoms with Gasteiger partial charge < -0.3 is 5.32 Å². The maximum Gasteiger partial charge on any atom is 0.294 e. The summed E-state index contributed by atoms with van der Waals surface area (Å²) in [7, 11) is -4.02. The van der Waals surface area contributed by atoms with Crippen LogP contribution in [0.2, 0.25) is 0 Å². The molecule has 3 rings (SSSR count). The first kappa shape index (κ1) is 15.4. The molecule has 1 atom stereocenters. The summed E-state index contributed by atoms with van der Waals surface area (Å²) in [4.78, 5) is 2.54. The molecule has 0 aliphatic carbocycles. The van der Waals surface area contributed by atoms with Crippen molar-refractivity contribution >= 4 is 10.1 Å². The minimum Gasteiger partial charge on any atom is -0.314 e. The SMILES string of the molecule is C1C[C@@H]2CNCCN2C1.Cc1ccc(S(=O)(=O)O)cc1. The molecule has 0 unspecified atom stereocenters. The zero-order chi connectivity index (χ0) is 14.6. The molecule has 0 saturated carbocycles. The molecule has 2 aliphatic heterocycles. The molecule has 2 N–H and O–H groups in total. The van der Waals surface area contributed by atoms with Gasteiger partial charge in [0.2, 0.25) is 0 Å². The zero-order valence-corrected chi connectivity index (χ0v) is 12.6. The van der Waals surface area contributed by atoms with E-state index in [4.69, 9.17) is 4.55 Å². The van der Waals surface area contributed by atoms with Crippen molar-refractivity contribution in [2.75, 3.05) is 26.2 Å². The van der Waals surface area contributed by atoms with Crippen LogP contribution in [-0.2, 0) is 10.1 Å². The molecule has 5 nitrogen and oxygen atoms in total. The van der Waals surface area contributed by atoms with Gasteiger partial charge in [-0.15, -0.1) is 0 Å². The van der Waals surface area contributed by atoms with Crippen LogP contribution in [0.4, 0.5) is 0 Å². The Morgan fingerprint density at radius 2 is 1.95 bits per heavy atom. The molecule has 0 radical (unpaired) electrons. The van der Waals surface area contributed by atoms with Crippen molar-refractivity contribution in [2.45, 2.75) is 30.7 Å². The Balaban J connectivity index is 0.000000149. The first-order valence-electron chi connectivity index (χ1n) is 6.96. The van der Waals surface area contributed by atoms with Gasteiger partial charge in [0.05, 0.1) is 4.90 Å². The van der Waals surface area contributed by atoms with Crippen LogP contribution in [0.3, 0.4) is 0 Å². The summed E-state index contributed by atoms with van der Waals surface area (Å²) in [5.41, 5.74) is 0.956. The highest BCUT2D eigenvalue weighted by atomic mass is 32.2. The number of hydrogen-bond acceptors (Lipinski definition) is 4. The summed E-state index contributed by atoms with van der Waals surface area (Å²) in [5, 5.41) is 3.41. The van der Waals surface area contributed by atoms with E-state index >= 15 is 0 Å². The van der Waals surface area contributed by atoms with E-state index in [2.05, 4.69) is 10.2 Å². The molecule has 112 valence electrons. The minimum absolute atomic E-state index is 0.0666. The summed E-state index contributed by atoms with van der Waals surface area (Å²) in [6.45, 7) is 6.92. The molecule has 20 heavy (non-hydrogen) atoms. The Labute approximate surface area is 120 Å². The molecule has 0 amide bonds. The van der Waals surface area contributed by atoms with Gasteiger partial charge in [0.15, 0.2) is 0 Å². The third-order valence-electron chi connectivity index (χ3n) is 3.77. The van der Waals surface area contributed by atoms with Gasteiger partial charge in [0.1, 0.15) is 0 Å². The van der Waals surface area contributed by atoms with Crippen LogP contribution >= 0.6 is 0 Å². The van der Waals surface area contributed by atoms with E-state index in [1.807, 2.05) is 6.92 Å². The van der Waals surface area contributed by atoms with Crippen molar-refractivity contribution < 1.29 is 13.0 Å². The molecule has 0 bridgehead atoms. The predicted octanol–water partition coefficient (Wildman–Crippen LogP) is 1.30. The molecular formula is C14H22N2O3S. The number of fused-ring (bicyclic) bond motifs is 1. The number of nitrogens with one attached hydrogen (secondary N) is 1. The van der Waals surface area contributed by atoms with E-state index in [1.54, 1.807) is 12.1 Å². The van der Waals surface area contributed by atoms with E-state index in [0.29, 0.717) is 0 Å². The third-order valence-corrected chi connectivity index (χ3v) is 4.64. The van der Waals surface area contributed by atoms with Gasteiger partial charge in [-0.1, -0.05) is 17.7 Å². The topological polar surface area (TPSA) is 69.6 Å². The minimum atomic E-state index is -4.02. The Bertz CT molecular complexity index is 516. The Hall–Kier alpha value is -0.950. The van der Waals surface area contributed by atoms with Gasteiger partial charge in [-0.25, -0.2) is 0 Å². The molecule has 6 heteroatoms. The molecule has 0 spiro atoms. The first-order valence-corrected chi connectivity index (χ1v) is 8.40. The number of benzene rings is 1. The summed E-state index contributed by atoms with van der Waals surface area (Å²) < 4.78 is 29.6. The van der Waals surface area contributed by atoms with Crippen molar-refractivity contribution in [3.8, 4) is 0 Å². The number of nitrogens with zero attached hydrogens (tertiary/aromatic N) is 1. The van der Waals surface area contributed by atoms with Crippen LogP contribution in [-0.4, -0.2) is 50.1 Å². The van der Waals surface area contributed by atoms with E-state index in [0.717, 1.165) is 11.6 Å². The van der Waals surface area contributed by atoms with Crippen molar-refractivity contribution in [1.82, 2.24) is 10.2 Å². The standard InChI is InChI=1S/C7H14N2.C7H8O3S/c1-2-7-6-8-3-5-9(7)4-1;1-6-2-4-7(5-3-6)11(8,9)10/h7-8H,1-6H2;2-5H,1H3,(H,8,9,10)/t7-;/m1./s1. The van der Waals surface area contributed by atoms with Crippen molar-refractivity contribution in [3.63, 3.8) is 0 Å². The summed E-state index contributed by atoms with van der Waals surface area (Å²) in [6, 6.07) is 6.88. The van der Waals surface area contributed by atoms with Gasteiger partial charge in [0, 0.05) is 25.7 Å². The van der Waals surface area contributed by atoms with Crippen molar-refractivity contribution in [3.05, 3.63) is 29.8 Å². The lowest BCUT2D eigenvalue weighted by molar-refractivity contribution is 0.212. The fraction of sp³-hybridized carbons (Fsp3) is 0.571. The van der Waals surface area contributed by atoms with Crippen LogP contribution < -0.4 is 5.32 Å². The maximum atomic E-state index is 10.5. The summed E-state index contributed by atoms with van der Waals surface area (Å²) >= 11 is 0. The normalized spacial score (nSPS) is 22.8. The van der Waals surface area contributed by atoms with Gasteiger partial charge >= 0.3 is 0 Å². The van der Waals surface area contributed by atoms with Gasteiger partial charge in [-0.2, -0.15) is 8.42 Å². The molecule has 2 saturated heterocycles. The van der Waals surface area contributed by atoms with E-state index < -0.39 is 10.1 Å². The number of piperazine rings is 1. The Morgan fingerprint density at radius 3 is 2.55 bits per heavy atom. The average Bonchev–Trinajstić information content (AvgIpc) is 2.87. The molecule has 0 aromatic heterocycles. The first-order chi connectivity index (χ1) is 9.47. The monoisotopic (exact) mass is 298 g/mol. The summed E-state index contributed by atoms with van der Waals surface area (Å²) in [6.07, 6.45) is 2.85. The second-order valence-electron chi connectivity index (χ2n) is 5.32. The molecule has 2 fully saturated rings. The second kappa shape index (κ2) is 6.67. The van der Waals surface area contributed by atoms with Crippen LogP contribution in [0.5, 0.6) is 0 Å². The highest BCUT2D eigenvalue weighted by molar-refractivity contribution is 7.85. The van der Waals surface area contributed by atoms with Crippen LogP contribution in [0.1, 0.15) is 18.4 Å². The van der Waals surface area contributed by atoms with Gasteiger partial charge in [-0.3, -0.25) is 9.45 Å². The van der Waals surface area contributed by atoms with Crippen molar-refractivity contribution in [2.24, 2.45) is 0 Å². The highest BCUT2D eigenvalue weighted by Gasteiger charge is 2.25. The predicted molar refractivity (Wildman–Crippen MR) is 78.5 cm³/mol. The quantitative estimate of drug-likeness (QED) is 0.765. The zero-order valence-electron chi connectivity index (χ0n) is 11.7. The number of hydrogen-bond donors (Lipinski definition) is 2. The van der Waals surface area contributed by atoms with Crippen LogP contribution in [0.15, 0.2) is 29.2 Å². The van der Waals surface area contributed by atoms with E-state index in [-0.39, 0.29) is 4.90 Å². The molecule has 2 heterocycles. The maximum absolute atomic E-state index is 10.5. The second-order valence-corrected chi connectivity index (χ2v) is 6.75. The largest absolute Gasteiger partial charge is 0.314 e. The lowest BCUT2D eigenvalue weighted by Crippen LogP contribution is -2.47. The fourth-order valence-corrected chi connectivity index (χ4v) is 3.10. The number of aryl methyl sites for hydroxylation is 1. The molecule has 2 aliphatic rings. The van der Waals surface area contributed by atoms with Crippen LogP contribution in [0.25, 0.3) is 0 Å². The summed E-state index contributed by atoms with van der Waals surface area (Å²) in [5.74, 6) is 0. The third kappa shape index (κ3) is 4.28. The Kier molecular flexibility index (Phi) is 5.15. The van der Waals surface area contributed by atoms with Crippen LogP contribution in [0, 0.1) is 6.92 Å². The smallest absolute Gasteiger partial charge is 0.294 e.